The van der Waals surface area contributed by atoms with Crippen LogP contribution in [0, 0.1) is 13.8 Å². The Kier molecular flexibility index (Phi) is 4.37. The summed E-state index contributed by atoms with van der Waals surface area (Å²) in [6, 6.07) is 6.64. The van der Waals surface area contributed by atoms with Crippen molar-refractivity contribution >= 4 is 11.6 Å². The number of hydrogen-bond donors (Lipinski definition) is 2. The zero-order chi connectivity index (χ0) is 13.0. The predicted octanol–water partition coefficient (Wildman–Crippen LogP) is 2.77. The molecule has 2 rings (SSSR count). The fourth-order valence-electron chi connectivity index (χ4n) is 2.47. The van der Waals surface area contributed by atoms with Crippen LogP contribution in [0.5, 0.6) is 0 Å². The average Bonchev–Trinajstić information content (AvgIpc) is 2.83. The first kappa shape index (κ1) is 13.1. The average molecular weight is 246 g/mol. The zero-order valence-electron chi connectivity index (χ0n) is 11.3. The van der Waals surface area contributed by atoms with Crippen molar-refractivity contribution in [3.8, 4) is 0 Å². The van der Waals surface area contributed by atoms with Crippen LogP contribution in [0.1, 0.15) is 36.8 Å². The Morgan fingerprint density at radius 2 is 2.28 bits per heavy atom. The van der Waals surface area contributed by atoms with E-state index in [0.717, 1.165) is 24.2 Å². The first-order chi connectivity index (χ1) is 8.65. The summed E-state index contributed by atoms with van der Waals surface area (Å²) in [4.78, 5) is 11.9. The molecule has 1 unspecified atom stereocenters. The predicted molar refractivity (Wildman–Crippen MR) is 74.8 cm³/mol. The lowest BCUT2D eigenvalue weighted by molar-refractivity contribution is -0.116. The molecular formula is C15H22N2O. The molecule has 0 aromatic heterocycles. The van der Waals surface area contributed by atoms with Gasteiger partial charge in [-0.3, -0.25) is 4.79 Å². The van der Waals surface area contributed by atoms with E-state index in [9.17, 15) is 4.79 Å². The number of benzene rings is 1. The molecule has 1 atom stereocenters. The van der Waals surface area contributed by atoms with Crippen LogP contribution in [0.3, 0.4) is 0 Å². The summed E-state index contributed by atoms with van der Waals surface area (Å²) in [5.41, 5.74) is 3.29. The summed E-state index contributed by atoms with van der Waals surface area (Å²) in [6.07, 6.45) is 3.99. The number of carbonyl (C=O) groups is 1. The number of aryl methyl sites for hydroxylation is 2. The van der Waals surface area contributed by atoms with Crippen molar-refractivity contribution in [3.63, 3.8) is 0 Å². The molecule has 1 aromatic rings. The van der Waals surface area contributed by atoms with E-state index in [1.54, 1.807) is 0 Å². The maximum atomic E-state index is 11.9. The molecule has 18 heavy (non-hydrogen) atoms. The Hall–Kier alpha value is -1.35. The van der Waals surface area contributed by atoms with Gasteiger partial charge in [0.1, 0.15) is 0 Å². The van der Waals surface area contributed by atoms with E-state index < -0.39 is 0 Å². The van der Waals surface area contributed by atoms with Gasteiger partial charge in [-0.2, -0.15) is 0 Å². The number of hydrogen-bond acceptors (Lipinski definition) is 2. The number of nitrogens with one attached hydrogen (secondary N) is 2. The molecule has 1 aromatic carbocycles. The second-order valence-electron chi connectivity index (χ2n) is 5.20. The molecule has 0 radical (unpaired) electrons. The van der Waals surface area contributed by atoms with Gasteiger partial charge in [0.25, 0.3) is 0 Å². The van der Waals surface area contributed by atoms with Gasteiger partial charge in [0.2, 0.25) is 5.91 Å². The smallest absolute Gasteiger partial charge is 0.224 e. The number of carbonyl (C=O) groups excluding carboxylic acids is 1. The SMILES string of the molecule is Cc1ccc(NC(=O)CCC2CCCN2)c(C)c1. The van der Waals surface area contributed by atoms with Crippen LogP contribution < -0.4 is 10.6 Å². The van der Waals surface area contributed by atoms with E-state index in [-0.39, 0.29) is 5.91 Å². The molecule has 1 aliphatic heterocycles. The molecule has 0 saturated carbocycles. The maximum Gasteiger partial charge on any atom is 0.224 e. The highest BCUT2D eigenvalue weighted by atomic mass is 16.1. The van der Waals surface area contributed by atoms with Gasteiger partial charge in [-0.25, -0.2) is 0 Å². The van der Waals surface area contributed by atoms with Gasteiger partial charge in [0.05, 0.1) is 0 Å². The minimum absolute atomic E-state index is 0.121. The number of amides is 1. The standard InChI is InChI=1S/C15H22N2O/c1-11-5-7-14(12(2)10-11)17-15(18)8-6-13-4-3-9-16-13/h5,7,10,13,16H,3-4,6,8-9H2,1-2H3,(H,17,18). The van der Waals surface area contributed by atoms with Gasteiger partial charge in [-0.1, -0.05) is 17.7 Å². The van der Waals surface area contributed by atoms with Crippen LogP contribution in [0.2, 0.25) is 0 Å². The molecule has 1 amide bonds. The lowest BCUT2D eigenvalue weighted by atomic mass is 10.1. The van der Waals surface area contributed by atoms with Crippen molar-refractivity contribution in [1.29, 1.82) is 0 Å². The van der Waals surface area contributed by atoms with Crippen LogP contribution in [0.15, 0.2) is 18.2 Å². The molecule has 3 nitrogen and oxygen atoms in total. The molecule has 1 saturated heterocycles. The molecule has 0 bridgehead atoms. The highest BCUT2D eigenvalue weighted by Crippen LogP contribution is 2.17. The third-order valence-corrected chi connectivity index (χ3v) is 3.54. The van der Waals surface area contributed by atoms with Gasteiger partial charge in [0, 0.05) is 18.2 Å². The van der Waals surface area contributed by atoms with E-state index >= 15 is 0 Å². The molecule has 1 heterocycles. The van der Waals surface area contributed by atoms with Gasteiger partial charge in [-0.15, -0.1) is 0 Å². The van der Waals surface area contributed by atoms with Gasteiger partial charge >= 0.3 is 0 Å². The quantitative estimate of drug-likeness (QED) is 0.857. The number of rotatable bonds is 4. The summed E-state index contributed by atoms with van der Waals surface area (Å²) in [5, 5.41) is 6.41. The van der Waals surface area contributed by atoms with Gasteiger partial charge < -0.3 is 10.6 Å². The van der Waals surface area contributed by atoms with Crippen molar-refractivity contribution in [3.05, 3.63) is 29.3 Å². The Balaban J connectivity index is 1.82. The highest BCUT2D eigenvalue weighted by Gasteiger charge is 2.15. The van der Waals surface area contributed by atoms with Crippen LogP contribution in [0.25, 0.3) is 0 Å². The molecule has 1 aliphatic rings. The molecule has 0 aliphatic carbocycles. The summed E-state index contributed by atoms with van der Waals surface area (Å²) >= 11 is 0. The van der Waals surface area contributed by atoms with Crippen molar-refractivity contribution in [2.24, 2.45) is 0 Å². The molecule has 2 N–H and O–H groups in total. The van der Waals surface area contributed by atoms with E-state index in [2.05, 4.69) is 23.6 Å². The van der Waals surface area contributed by atoms with E-state index in [1.807, 2.05) is 19.1 Å². The highest BCUT2D eigenvalue weighted by molar-refractivity contribution is 5.91. The summed E-state index contributed by atoms with van der Waals surface area (Å²) < 4.78 is 0. The fourth-order valence-corrected chi connectivity index (χ4v) is 2.47. The maximum absolute atomic E-state index is 11.9. The summed E-state index contributed by atoms with van der Waals surface area (Å²) in [7, 11) is 0. The van der Waals surface area contributed by atoms with Crippen molar-refractivity contribution in [2.75, 3.05) is 11.9 Å². The number of anilines is 1. The van der Waals surface area contributed by atoms with Gasteiger partial charge in [-0.05, 0) is 51.3 Å². The monoisotopic (exact) mass is 246 g/mol. The van der Waals surface area contributed by atoms with E-state index in [0.29, 0.717) is 12.5 Å². The lowest BCUT2D eigenvalue weighted by Crippen LogP contribution is -2.23. The topological polar surface area (TPSA) is 41.1 Å². The Morgan fingerprint density at radius 3 is 2.94 bits per heavy atom. The second-order valence-corrected chi connectivity index (χ2v) is 5.20. The van der Waals surface area contributed by atoms with E-state index in [1.165, 1.54) is 18.4 Å². The first-order valence-corrected chi connectivity index (χ1v) is 6.75. The third kappa shape index (κ3) is 3.57. The fraction of sp³-hybridized carbons (Fsp3) is 0.533. The van der Waals surface area contributed by atoms with Crippen LogP contribution in [-0.2, 0) is 4.79 Å². The summed E-state index contributed by atoms with van der Waals surface area (Å²) in [6.45, 7) is 5.19. The second kappa shape index (κ2) is 6.01. The van der Waals surface area contributed by atoms with Gasteiger partial charge in [0.15, 0.2) is 0 Å². The first-order valence-electron chi connectivity index (χ1n) is 6.75. The van der Waals surface area contributed by atoms with Crippen molar-refractivity contribution in [1.82, 2.24) is 5.32 Å². The summed E-state index contributed by atoms with van der Waals surface area (Å²) in [5.74, 6) is 0.121. The minimum Gasteiger partial charge on any atom is -0.326 e. The van der Waals surface area contributed by atoms with Crippen molar-refractivity contribution in [2.45, 2.75) is 45.6 Å². The third-order valence-electron chi connectivity index (χ3n) is 3.54. The van der Waals surface area contributed by atoms with Crippen LogP contribution in [0.4, 0.5) is 5.69 Å². The molecule has 98 valence electrons. The van der Waals surface area contributed by atoms with E-state index in [4.69, 9.17) is 0 Å². The van der Waals surface area contributed by atoms with Crippen LogP contribution >= 0.6 is 0 Å². The molecular weight excluding hydrogens is 224 g/mol. The molecule has 1 fully saturated rings. The lowest BCUT2D eigenvalue weighted by Gasteiger charge is -2.11. The Bertz CT molecular complexity index is 423. The Labute approximate surface area is 109 Å². The van der Waals surface area contributed by atoms with Crippen LogP contribution in [-0.4, -0.2) is 18.5 Å². The molecule has 0 spiro atoms. The molecule has 3 heteroatoms. The largest absolute Gasteiger partial charge is 0.326 e. The normalized spacial score (nSPS) is 18.9. The van der Waals surface area contributed by atoms with Crippen molar-refractivity contribution < 1.29 is 4.79 Å². The minimum atomic E-state index is 0.121. The zero-order valence-corrected chi connectivity index (χ0v) is 11.3. The Morgan fingerprint density at radius 1 is 1.44 bits per heavy atom.